The zero-order valence-electron chi connectivity index (χ0n) is 13.6. The van der Waals surface area contributed by atoms with Crippen LogP contribution in [0.2, 0.25) is 0 Å². The Kier molecular flexibility index (Phi) is 4.38. The van der Waals surface area contributed by atoms with E-state index >= 15 is 0 Å². The third-order valence-electron chi connectivity index (χ3n) is 4.60. The molecule has 0 aromatic heterocycles. The van der Waals surface area contributed by atoms with Crippen LogP contribution in [0.1, 0.15) is 26.3 Å². The highest BCUT2D eigenvalue weighted by Crippen LogP contribution is 2.30. The summed E-state index contributed by atoms with van der Waals surface area (Å²) in [6, 6.07) is 6.74. The van der Waals surface area contributed by atoms with Crippen LogP contribution in [0.3, 0.4) is 0 Å². The van der Waals surface area contributed by atoms with E-state index < -0.39 is 5.41 Å². The fourth-order valence-corrected chi connectivity index (χ4v) is 3.18. The van der Waals surface area contributed by atoms with Crippen LogP contribution < -0.4 is 0 Å². The number of hydrogen-bond donors (Lipinski definition) is 0. The van der Waals surface area contributed by atoms with Crippen molar-refractivity contribution in [1.82, 2.24) is 9.80 Å². The summed E-state index contributed by atoms with van der Waals surface area (Å²) in [7, 11) is 4.10. The number of carbonyl (C=O) groups is 1. The van der Waals surface area contributed by atoms with E-state index in [0.29, 0.717) is 12.0 Å². The van der Waals surface area contributed by atoms with Gasteiger partial charge in [0, 0.05) is 19.1 Å². The second-order valence-electron chi connectivity index (χ2n) is 6.85. The second-order valence-corrected chi connectivity index (χ2v) is 6.85. The number of likely N-dealkylation sites (tertiary alicyclic amines) is 1. The predicted molar refractivity (Wildman–Crippen MR) is 82.6 cm³/mol. The molecule has 4 heteroatoms. The quantitative estimate of drug-likeness (QED) is 0.854. The Labute approximate surface area is 126 Å². The molecule has 0 N–H and O–H groups in total. The SMILES string of the molecule is CC1CN(C(=O)C(C)(C)c2cccc(F)c2)CC1N(C)C. The Morgan fingerprint density at radius 2 is 2.00 bits per heavy atom. The average molecular weight is 292 g/mol. The fraction of sp³-hybridized carbons (Fsp3) is 0.588. The summed E-state index contributed by atoms with van der Waals surface area (Å²) < 4.78 is 13.4. The van der Waals surface area contributed by atoms with Crippen molar-refractivity contribution in [2.45, 2.75) is 32.2 Å². The second kappa shape index (κ2) is 5.76. The molecule has 1 fully saturated rings. The molecule has 2 rings (SSSR count). The first-order valence-corrected chi connectivity index (χ1v) is 7.45. The van der Waals surface area contributed by atoms with Gasteiger partial charge in [-0.3, -0.25) is 4.79 Å². The van der Waals surface area contributed by atoms with Gasteiger partial charge < -0.3 is 9.80 Å². The molecule has 0 bridgehead atoms. The van der Waals surface area contributed by atoms with Crippen molar-refractivity contribution < 1.29 is 9.18 Å². The summed E-state index contributed by atoms with van der Waals surface area (Å²) in [5, 5.41) is 0. The summed E-state index contributed by atoms with van der Waals surface area (Å²) in [5.41, 5.74) is 0.0247. The van der Waals surface area contributed by atoms with Gasteiger partial charge in [-0.1, -0.05) is 19.1 Å². The van der Waals surface area contributed by atoms with Crippen molar-refractivity contribution in [3.8, 4) is 0 Å². The van der Waals surface area contributed by atoms with Gasteiger partial charge in [-0.15, -0.1) is 0 Å². The van der Waals surface area contributed by atoms with Crippen LogP contribution in [0.15, 0.2) is 24.3 Å². The summed E-state index contributed by atoms with van der Waals surface area (Å²) in [4.78, 5) is 17.0. The lowest BCUT2D eigenvalue weighted by Crippen LogP contribution is -2.43. The largest absolute Gasteiger partial charge is 0.340 e. The number of hydrogen-bond acceptors (Lipinski definition) is 2. The van der Waals surface area contributed by atoms with Crippen LogP contribution in [0, 0.1) is 11.7 Å². The lowest BCUT2D eigenvalue weighted by atomic mass is 9.83. The Bertz CT molecular complexity index is 527. The minimum absolute atomic E-state index is 0.0734. The van der Waals surface area contributed by atoms with E-state index in [9.17, 15) is 9.18 Å². The highest BCUT2D eigenvalue weighted by atomic mass is 19.1. The Morgan fingerprint density at radius 3 is 2.52 bits per heavy atom. The lowest BCUT2D eigenvalue weighted by Gasteiger charge is -2.30. The molecule has 0 spiro atoms. The maximum Gasteiger partial charge on any atom is 0.232 e. The molecule has 0 radical (unpaired) electrons. The molecule has 1 saturated heterocycles. The van der Waals surface area contributed by atoms with Gasteiger partial charge in [-0.25, -0.2) is 4.39 Å². The van der Waals surface area contributed by atoms with Crippen LogP contribution in [0.25, 0.3) is 0 Å². The van der Waals surface area contributed by atoms with E-state index in [-0.39, 0.29) is 11.7 Å². The van der Waals surface area contributed by atoms with Crippen LogP contribution in [-0.2, 0) is 10.2 Å². The molecular formula is C17H25FN2O. The molecule has 116 valence electrons. The monoisotopic (exact) mass is 292 g/mol. The molecule has 1 heterocycles. The molecule has 1 aromatic rings. The van der Waals surface area contributed by atoms with Gasteiger partial charge in [0.15, 0.2) is 0 Å². The van der Waals surface area contributed by atoms with Crippen LogP contribution >= 0.6 is 0 Å². The van der Waals surface area contributed by atoms with Crippen molar-refractivity contribution >= 4 is 5.91 Å². The molecule has 0 aliphatic carbocycles. The molecule has 1 aliphatic heterocycles. The van der Waals surface area contributed by atoms with Gasteiger partial charge in [0.2, 0.25) is 5.91 Å². The zero-order chi connectivity index (χ0) is 15.8. The zero-order valence-corrected chi connectivity index (χ0v) is 13.6. The lowest BCUT2D eigenvalue weighted by molar-refractivity contribution is -0.135. The maximum atomic E-state index is 13.4. The van der Waals surface area contributed by atoms with Crippen molar-refractivity contribution in [2.75, 3.05) is 27.2 Å². The topological polar surface area (TPSA) is 23.6 Å². The van der Waals surface area contributed by atoms with Crippen LogP contribution in [0.5, 0.6) is 0 Å². The van der Waals surface area contributed by atoms with Gasteiger partial charge in [0.05, 0.1) is 5.41 Å². The Morgan fingerprint density at radius 1 is 1.33 bits per heavy atom. The van der Waals surface area contributed by atoms with E-state index in [0.717, 1.165) is 18.7 Å². The molecular weight excluding hydrogens is 267 g/mol. The van der Waals surface area contributed by atoms with Gasteiger partial charge >= 0.3 is 0 Å². The van der Waals surface area contributed by atoms with Gasteiger partial charge in [0.1, 0.15) is 5.82 Å². The van der Waals surface area contributed by atoms with Crippen molar-refractivity contribution in [3.63, 3.8) is 0 Å². The number of benzene rings is 1. The number of rotatable bonds is 3. The summed E-state index contributed by atoms with van der Waals surface area (Å²) in [5.74, 6) is 0.228. The number of amides is 1. The summed E-state index contributed by atoms with van der Waals surface area (Å²) >= 11 is 0. The highest BCUT2D eigenvalue weighted by molar-refractivity contribution is 5.87. The highest BCUT2D eigenvalue weighted by Gasteiger charge is 2.40. The van der Waals surface area contributed by atoms with Gasteiger partial charge in [0.25, 0.3) is 0 Å². The first-order valence-electron chi connectivity index (χ1n) is 7.45. The molecule has 1 amide bonds. The molecule has 2 atom stereocenters. The van der Waals surface area contributed by atoms with Crippen molar-refractivity contribution in [1.29, 1.82) is 0 Å². The third kappa shape index (κ3) is 3.10. The summed E-state index contributed by atoms with van der Waals surface area (Å²) in [6.07, 6.45) is 0. The van der Waals surface area contributed by atoms with E-state index in [2.05, 4.69) is 11.8 Å². The molecule has 1 aliphatic rings. The number of carbonyl (C=O) groups excluding carboxylic acids is 1. The first-order chi connectivity index (χ1) is 9.73. The number of nitrogens with zero attached hydrogens (tertiary/aromatic N) is 2. The Hall–Kier alpha value is -1.42. The Balaban J connectivity index is 2.20. The molecule has 1 aromatic carbocycles. The number of halogens is 1. The van der Waals surface area contributed by atoms with Gasteiger partial charge in [-0.2, -0.15) is 0 Å². The first kappa shape index (κ1) is 16.0. The van der Waals surface area contributed by atoms with Gasteiger partial charge in [-0.05, 0) is 51.6 Å². The average Bonchev–Trinajstić information content (AvgIpc) is 2.80. The third-order valence-corrected chi connectivity index (χ3v) is 4.60. The van der Waals surface area contributed by atoms with E-state index in [1.165, 1.54) is 12.1 Å². The fourth-order valence-electron chi connectivity index (χ4n) is 3.18. The van der Waals surface area contributed by atoms with Crippen LogP contribution in [0.4, 0.5) is 4.39 Å². The smallest absolute Gasteiger partial charge is 0.232 e. The van der Waals surface area contributed by atoms with Crippen LogP contribution in [-0.4, -0.2) is 48.9 Å². The molecule has 21 heavy (non-hydrogen) atoms. The summed E-state index contributed by atoms with van der Waals surface area (Å²) in [6.45, 7) is 7.43. The minimum Gasteiger partial charge on any atom is -0.340 e. The molecule has 0 saturated carbocycles. The molecule has 3 nitrogen and oxygen atoms in total. The standard InChI is InChI=1S/C17H25FN2O/c1-12-10-20(11-15(12)19(4)5)16(21)17(2,3)13-7-6-8-14(18)9-13/h6-9,12,15H,10-11H2,1-5H3. The minimum atomic E-state index is -0.705. The van der Waals surface area contributed by atoms with Crippen molar-refractivity contribution in [2.24, 2.45) is 5.92 Å². The van der Waals surface area contributed by atoms with Crippen molar-refractivity contribution in [3.05, 3.63) is 35.6 Å². The molecule has 2 unspecified atom stereocenters. The predicted octanol–water partition coefficient (Wildman–Crippen LogP) is 2.51. The maximum absolute atomic E-state index is 13.4. The normalized spacial score (nSPS) is 22.9. The van der Waals surface area contributed by atoms with E-state index in [4.69, 9.17) is 0 Å². The number of likely N-dealkylation sites (N-methyl/N-ethyl adjacent to an activating group) is 1. The van der Waals surface area contributed by atoms with E-state index in [1.807, 2.05) is 38.9 Å². The van der Waals surface area contributed by atoms with E-state index in [1.54, 1.807) is 6.07 Å².